The number of nitrogens with two attached hydrogens (primary N) is 1. The second-order valence-electron chi connectivity index (χ2n) is 4.23. The van der Waals surface area contributed by atoms with Crippen LogP contribution in [-0.4, -0.2) is 41.9 Å². The van der Waals surface area contributed by atoms with Crippen molar-refractivity contribution in [1.82, 2.24) is 10.2 Å². The van der Waals surface area contributed by atoms with Crippen molar-refractivity contribution in [3.63, 3.8) is 0 Å². The molecule has 0 aliphatic carbocycles. The van der Waals surface area contributed by atoms with Crippen molar-refractivity contribution >= 4 is 11.8 Å². The van der Waals surface area contributed by atoms with Gasteiger partial charge in [0.1, 0.15) is 0 Å². The lowest BCUT2D eigenvalue weighted by molar-refractivity contribution is -0.126. The molecule has 2 heterocycles. The zero-order valence-electron chi connectivity index (χ0n) is 8.19. The number of nitrogens with one attached hydrogen (secondary N) is 1. The molecule has 2 saturated heterocycles. The van der Waals surface area contributed by atoms with Crippen molar-refractivity contribution in [1.29, 1.82) is 0 Å². The summed E-state index contributed by atoms with van der Waals surface area (Å²) in [5, 5.41) is 2.31. The van der Waals surface area contributed by atoms with Crippen LogP contribution in [0.5, 0.6) is 0 Å². The Morgan fingerprint density at radius 2 is 2.14 bits per heavy atom. The van der Waals surface area contributed by atoms with Crippen LogP contribution in [0.15, 0.2) is 0 Å². The molecule has 0 bridgehead atoms. The highest BCUT2D eigenvalue weighted by Crippen LogP contribution is 2.20. The highest BCUT2D eigenvalue weighted by molar-refractivity contribution is 6.05. The molecule has 2 amide bonds. The summed E-state index contributed by atoms with van der Waals surface area (Å²) in [5.41, 5.74) is 5.86. The molecular weight excluding hydrogens is 182 g/mol. The number of amides is 2. The Morgan fingerprint density at radius 1 is 1.43 bits per heavy atom. The second kappa shape index (κ2) is 3.33. The topological polar surface area (TPSA) is 75.4 Å². The monoisotopic (exact) mass is 197 g/mol. The van der Waals surface area contributed by atoms with Gasteiger partial charge in [-0.05, 0) is 5.92 Å². The quantitative estimate of drug-likeness (QED) is 0.511. The SMILES string of the molecule is CC1CN(C2CC(=O)NC2=O)CC1N. The van der Waals surface area contributed by atoms with Gasteiger partial charge in [0.2, 0.25) is 11.8 Å². The van der Waals surface area contributed by atoms with E-state index in [2.05, 4.69) is 12.2 Å². The van der Waals surface area contributed by atoms with Crippen molar-refractivity contribution in [2.75, 3.05) is 13.1 Å². The second-order valence-corrected chi connectivity index (χ2v) is 4.23. The van der Waals surface area contributed by atoms with Crippen molar-refractivity contribution < 1.29 is 9.59 Å². The zero-order chi connectivity index (χ0) is 10.3. The van der Waals surface area contributed by atoms with Crippen LogP contribution in [0.3, 0.4) is 0 Å². The third-order valence-electron chi connectivity index (χ3n) is 3.08. The highest BCUT2D eigenvalue weighted by atomic mass is 16.2. The molecule has 0 radical (unpaired) electrons. The summed E-state index contributed by atoms with van der Waals surface area (Å²) in [6.07, 6.45) is 0.290. The van der Waals surface area contributed by atoms with Crippen LogP contribution in [0.25, 0.3) is 0 Å². The zero-order valence-corrected chi connectivity index (χ0v) is 8.19. The van der Waals surface area contributed by atoms with Crippen LogP contribution in [0.1, 0.15) is 13.3 Å². The fraction of sp³-hybridized carbons (Fsp3) is 0.778. The normalized spacial score (nSPS) is 39.1. The molecule has 0 aromatic rings. The first-order valence-corrected chi connectivity index (χ1v) is 4.91. The molecule has 2 fully saturated rings. The van der Waals surface area contributed by atoms with Crippen LogP contribution in [0, 0.1) is 5.92 Å². The predicted molar refractivity (Wildman–Crippen MR) is 50.3 cm³/mol. The minimum Gasteiger partial charge on any atom is -0.326 e. The van der Waals surface area contributed by atoms with E-state index in [9.17, 15) is 9.59 Å². The maximum absolute atomic E-state index is 11.4. The van der Waals surface area contributed by atoms with Gasteiger partial charge in [-0.15, -0.1) is 0 Å². The number of carbonyl (C=O) groups is 2. The van der Waals surface area contributed by atoms with Crippen molar-refractivity contribution in [3.8, 4) is 0 Å². The Hall–Kier alpha value is -0.940. The number of hydrogen-bond acceptors (Lipinski definition) is 4. The van der Waals surface area contributed by atoms with Crippen LogP contribution in [0.2, 0.25) is 0 Å². The van der Waals surface area contributed by atoms with Gasteiger partial charge in [-0.3, -0.25) is 19.8 Å². The van der Waals surface area contributed by atoms with Crippen LogP contribution in [0.4, 0.5) is 0 Å². The standard InChI is InChI=1S/C9H15N3O2/c1-5-3-12(4-6(5)10)7-2-8(13)11-9(7)14/h5-7H,2-4,10H2,1H3,(H,11,13,14). The van der Waals surface area contributed by atoms with Gasteiger partial charge in [-0.2, -0.15) is 0 Å². The molecule has 3 atom stereocenters. The number of imide groups is 1. The molecule has 0 aromatic carbocycles. The molecule has 5 heteroatoms. The molecule has 0 saturated carbocycles. The van der Waals surface area contributed by atoms with Gasteiger partial charge < -0.3 is 5.73 Å². The van der Waals surface area contributed by atoms with Crippen molar-refractivity contribution in [2.45, 2.75) is 25.4 Å². The van der Waals surface area contributed by atoms with E-state index in [4.69, 9.17) is 5.73 Å². The predicted octanol–water partition coefficient (Wildman–Crippen LogP) is -1.32. The average Bonchev–Trinajstić information content (AvgIpc) is 2.57. The van der Waals surface area contributed by atoms with Gasteiger partial charge >= 0.3 is 0 Å². The molecule has 2 aliphatic rings. The van der Waals surface area contributed by atoms with Crippen molar-refractivity contribution in [2.24, 2.45) is 11.7 Å². The molecule has 14 heavy (non-hydrogen) atoms. The van der Waals surface area contributed by atoms with Gasteiger partial charge in [0.15, 0.2) is 0 Å². The number of carbonyl (C=O) groups excluding carboxylic acids is 2. The first-order valence-electron chi connectivity index (χ1n) is 4.91. The van der Waals surface area contributed by atoms with Crippen LogP contribution in [-0.2, 0) is 9.59 Å². The van der Waals surface area contributed by atoms with Crippen molar-refractivity contribution in [3.05, 3.63) is 0 Å². The van der Waals surface area contributed by atoms with E-state index < -0.39 is 0 Å². The first-order chi connectivity index (χ1) is 6.58. The van der Waals surface area contributed by atoms with Gasteiger partial charge in [0, 0.05) is 19.1 Å². The molecule has 3 unspecified atom stereocenters. The lowest BCUT2D eigenvalue weighted by atomic mass is 10.1. The van der Waals surface area contributed by atoms with Gasteiger partial charge in [-0.25, -0.2) is 0 Å². The van der Waals surface area contributed by atoms with E-state index in [0.29, 0.717) is 12.5 Å². The Balaban J connectivity index is 2.03. The minimum atomic E-state index is -0.279. The molecule has 2 aliphatic heterocycles. The summed E-state index contributed by atoms with van der Waals surface area (Å²) in [6.45, 7) is 3.60. The molecule has 78 valence electrons. The summed E-state index contributed by atoms with van der Waals surface area (Å²) in [4.78, 5) is 24.4. The lowest BCUT2D eigenvalue weighted by Crippen LogP contribution is -2.40. The molecule has 2 rings (SSSR count). The molecular formula is C9H15N3O2. The van der Waals surface area contributed by atoms with Crippen LogP contribution < -0.4 is 11.1 Å². The van der Waals surface area contributed by atoms with E-state index in [-0.39, 0.29) is 30.3 Å². The number of rotatable bonds is 1. The Bertz CT molecular complexity index is 269. The van der Waals surface area contributed by atoms with Crippen LogP contribution >= 0.6 is 0 Å². The third kappa shape index (κ3) is 1.53. The van der Waals surface area contributed by atoms with E-state index in [0.717, 1.165) is 6.54 Å². The first kappa shape index (κ1) is 9.61. The largest absolute Gasteiger partial charge is 0.326 e. The number of hydrogen-bond donors (Lipinski definition) is 2. The Kier molecular flexibility index (Phi) is 2.28. The van der Waals surface area contributed by atoms with E-state index in [1.807, 2.05) is 4.90 Å². The van der Waals surface area contributed by atoms with Gasteiger partial charge in [-0.1, -0.05) is 6.92 Å². The third-order valence-corrected chi connectivity index (χ3v) is 3.08. The molecule has 0 aromatic heterocycles. The maximum atomic E-state index is 11.4. The summed E-state index contributed by atoms with van der Waals surface area (Å²) in [7, 11) is 0. The fourth-order valence-electron chi connectivity index (χ4n) is 2.12. The van der Waals surface area contributed by atoms with E-state index in [1.165, 1.54) is 0 Å². The number of nitrogens with zero attached hydrogens (tertiary/aromatic N) is 1. The average molecular weight is 197 g/mol. The highest BCUT2D eigenvalue weighted by Gasteiger charge is 2.39. The summed E-state index contributed by atoms with van der Waals surface area (Å²) in [5.74, 6) is 0.0583. The summed E-state index contributed by atoms with van der Waals surface area (Å²) >= 11 is 0. The Morgan fingerprint density at radius 3 is 2.57 bits per heavy atom. The van der Waals surface area contributed by atoms with E-state index >= 15 is 0 Å². The maximum Gasteiger partial charge on any atom is 0.244 e. The lowest BCUT2D eigenvalue weighted by Gasteiger charge is -2.19. The smallest absolute Gasteiger partial charge is 0.244 e. The number of likely N-dealkylation sites (tertiary alicyclic amines) is 1. The summed E-state index contributed by atoms with van der Waals surface area (Å²) in [6, 6.07) is -0.156. The Labute approximate surface area is 82.6 Å². The van der Waals surface area contributed by atoms with Gasteiger partial charge in [0.25, 0.3) is 0 Å². The molecule has 5 nitrogen and oxygen atoms in total. The molecule has 0 spiro atoms. The summed E-state index contributed by atoms with van der Waals surface area (Å²) < 4.78 is 0. The fourth-order valence-corrected chi connectivity index (χ4v) is 2.12. The van der Waals surface area contributed by atoms with E-state index in [1.54, 1.807) is 0 Å². The van der Waals surface area contributed by atoms with Gasteiger partial charge in [0.05, 0.1) is 12.5 Å². The minimum absolute atomic E-state index is 0.124. The molecule has 3 N–H and O–H groups in total.